The number of carbonyl (C=O) groups excluding carboxylic acids is 1. The van der Waals surface area contributed by atoms with E-state index in [2.05, 4.69) is 43.3 Å². The van der Waals surface area contributed by atoms with E-state index in [1.165, 1.54) is 5.56 Å². The van der Waals surface area contributed by atoms with Crippen LogP contribution in [0.3, 0.4) is 0 Å². The van der Waals surface area contributed by atoms with Gasteiger partial charge in [-0.3, -0.25) is 4.79 Å². The largest absolute Gasteiger partial charge is 0.322 e. The molecule has 2 heterocycles. The number of aryl methyl sites for hydroxylation is 2. The van der Waals surface area contributed by atoms with Gasteiger partial charge in [-0.1, -0.05) is 19.1 Å². The molecule has 0 unspecified atom stereocenters. The molecule has 0 saturated carbocycles. The average molecular weight is 414 g/mol. The maximum absolute atomic E-state index is 12.8. The number of anilines is 1. The summed E-state index contributed by atoms with van der Waals surface area (Å²) in [7, 11) is 0. The molecule has 0 aliphatic rings. The van der Waals surface area contributed by atoms with Gasteiger partial charge in [0.05, 0.1) is 17.4 Å². The van der Waals surface area contributed by atoms with Crippen LogP contribution in [0, 0.1) is 6.92 Å². The molecule has 0 aliphatic heterocycles. The second-order valence-electron chi connectivity index (χ2n) is 7.09. The molecule has 8 heteroatoms. The van der Waals surface area contributed by atoms with Crippen molar-refractivity contribution in [3.05, 3.63) is 71.3 Å². The maximum Gasteiger partial charge on any atom is 0.255 e. The van der Waals surface area contributed by atoms with Crippen molar-refractivity contribution in [2.75, 3.05) is 5.32 Å². The number of benzene rings is 3. The Hall–Kier alpha value is -3.65. The standard InChI is InChI=1S/C22H18N6OS/c1-3-14-4-7-16(8-5-14)28-24-19-10-13(2)18(12-20(19)25-28)23-22(29)15-6-9-17-21(11-15)27-30-26-17/h4-12H,3H2,1-2H3,(H,23,29). The smallest absolute Gasteiger partial charge is 0.255 e. The summed E-state index contributed by atoms with van der Waals surface area (Å²) in [4.78, 5) is 14.4. The van der Waals surface area contributed by atoms with Crippen LogP contribution in [0.25, 0.3) is 27.8 Å². The van der Waals surface area contributed by atoms with Gasteiger partial charge < -0.3 is 5.32 Å². The van der Waals surface area contributed by atoms with E-state index in [1.807, 2.05) is 31.2 Å². The molecule has 7 nitrogen and oxygen atoms in total. The molecule has 0 saturated heterocycles. The molecule has 3 aromatic carbocycles. The predicted molar refractivity (Wildman–Crippen MR) is 118 cm³/mol. The van der Waals surface area contributed by atoms with E-state index in [0.29, 0.717) is 11.3 Å². The molecule has 1 N–H and O–H groups in total. The monoisotopic (exact) mass is 414 g/mol. The summed E-state index contributed by atoms with van der Waals surface area (Å²) >= 11 is 1.13. The van der Waals surface area contributed by atoms with E-state index in [9.17, 15) is 4.79 Å². The van der Waals surface area contributed by atoms with Gasteiger partial charge in [0.1, 0.15) is 22.1 Å². The Morgan fingerprint density at radius 1 is 0.933 bits per heavy atom. The fourth-order valence-corrected chi connectivity index (χ4v) is 3.82. The van der Waals surface area contributed by atoms with Crippen molar-refractivity contribution in [2.45, 2.75) is 20.3 Å². The summed E-state index contributed by atoms with van der Waals surface area (Å²) in [5.74, 6) is -0.199. The minimum absolute atomic E-state index is 0.199. The van der Waals surface area contributed by atoms with Crippen molar-refractivity contribution >= 4 is 45.4 Å². The Morgan fingerprint density at radius 2 is 1.67 bits per heavy atom. The van der Waals surface area contributed by atoms with Gasteiger partial charge in [0.15, 0.2) is 0 Å². The molecular formula is C22H18N6OS. The third kappa shape index (κ3) is 3.31. The number of amides is 1. The summed E-state index contributed by atoms with van der Waals surface area (Å²) in [6, 6.07) is 17.3. The zero-order valence-electron chi connectivity index (χ0n) is 16.5. The molecule has 0 aliphatic carbocycles. The highest BCUT2D eigenvalue weighted by Gasteiger charge is 2.13. The van der Waals surface area contributed by atoms with Crippen LogP contribution in [-0.4, -0.2) is 29.6 Å². The Balaban J connectivity index is 1.45. The van der Waals surface area contributed by atoms with Gasteiger partial charge in [-0.25, -0.2) is 0 Å². The van der Waals surface area contributed by atoms with Gasteiger partial charge in [-0.05, 0) is 66.9 Å². The molecule has 30 heavy (non-hydrogen) atoms. The van der Waals surface area contributed by atoms with Crippen LogP contribution in [0.15, 0.2) is 54.6 Å². The molecule has 0 radical (unpaired) electrons. The summed E-state index contributed by atoms with van der Waals surface area (Å²) in [6.07, 6.45) is 0.989. The normalized spacial score (nSPS) is 11.3. The van der Waals surface area contributed by atoms with Crippen molar-refractivity contribution in [2.24, 2.45) is 0 Å². The van der Waals surface area contributed by atoms with Crippen LogP contribution < -0.4 is 5.32 Å². The first-order valence-corrected chi connectivity index (χ1v) is 10.3. The summed E-state index contributed by atoms with van der Waals surface area (Å²) in [5, 5.41) is 12.2. The Bertz CT molecular complexity index is 1390. The molecule has 5 aromatic rings. The third-order valence-corrected chi connectivity index (χ3v) is 5.62. The zero-order chi connectivity index (χ0) is 20.7. The molecule has 0 fully saturated rings. The highest BCUT2D eigenvalue weighted by molar-refractivity contribution is 7.00. The maximum atomic E-state index is 12.8. The average Bonchev–Trinajstić information content (AvgIpc) is 3.40. The van der Waals surface area contributed by atoms with Crippen molar-refractivity contribution in [1.29, 1.82) is 0 Å². The van der Waals surface area contributed by atoms with E-state index in [1.54, 1.807) is 23.0 Å². The van der Waals surface area contributed by atoms with Crippen LogP contribution in [0.5, 0.6) is 0 Å². The predicted octanol–water partition coefficient (Wildman–Crippen LogP) is 4.55. The minimum Gasteiger partial charge on any atom is -0.322 e. The Kier molecular flexibility index (Phi) is 4.48. The second-order valence-corrected chi connectivity index (χ2v) is 7.62. The molecule has 2 aromatic heterocycles. The summed E-state index contributed by atoms with van der Waals surface area (Å²) in [6.45, 7) is 4.07. The SMILES string of the molecule is CCc1ccc(-n2nc3cc(C)c(NC(=O)c4ccc5nsnc5c4)cc3n2)cc1. The van der Waals surface area contributed by atoms with Crippen LogP contribution in [0.4, 0.5) is 5.69 Å². The first-order chi connectivity index (χ1) is 14.6. The van der Waals surface area contributed by atoms with Gasteiger partial charge >= 0.3 is 0 Å². The van der Waals surface area contributed by atoms with Crippen LogP contribution in [-0.2, 0) is 6.42 Å². The molecule has 1 amide bonds. The molecule has 0 spiro atoms. The zero-order valence-corrected chi connectivity index (χ0v) is 17.3. The fraction of sp³-hybridized carbons (Fsp3) is 0.136. The first kappa shape index (κ1) is 18.4. The van der Waals surface area contributed by atoms with Gasteiger partial charge in [0.2, 0.25) is 0 Å². The van der Waals surface area contributed by atoms with E-state index < -0.39 is 0 Å². The molecular weight excluding hydrogens is 396 g/mol. The lowest BCUT2D eigenvalue weighted by atomic mass is 10.1. The van der Waals surface area contributed by atoms with Crippen molar-refractivity contribution < 1.29 is 4.79 Å². The Labute approximate surface area is 176 Å². The molecule has 5 rings (SSSR count). The highest BCUT2D eigenvalue weighted by atomic mass is 32.1. The summed E-state index contributed by atoms with van der Waals surface area (Å²) < 4.78 is 8.37. The number of nitrogens with one attached hydrogen (secondary N) is 1. The number of hydrogen-bond acceptors (Lipinski definition) is 6. The lowest BCUT2D eigenvalue weighted by Crippen LogP contribution is -2.12. The molecule has 0 atom stereocenters. The second kappa shape index (κ2) is 7.31. The van der Waals surface area contributed by atoms with E-state index in [-0.39, 0.29) is 5.91 Å². The van der Waals surface area contributed by atoms with Crippen molar-refractivity contribution in [3.8, 4) is 5.69 Å². The lowest BCUT2D eigenvalue weighted by Gasteiger charge is -2.08. The van der Waals surface area contributed by atoms with Gasteiger partial charge in [0.25, 0.3) is 5.91 Å². The first-order valence-electron chi connectivity index (χ1n) is 9.61. The topological polar surface area (TPSA) is 85.6 Å². The van der Waals surface area contributed by atoms with E-state index >= 15 is 0 Å². The van der Waals surface area contributed by atoms with Crippen LogP contribution >= 0.6 is 11.7 Å². The Morgan fingerprint density at radius 3 is 2.43 bits per heavy atom. The van der Waals surface area contributed by atoms with E-state index in [4.69, 9.17) is 0 Å². The van der Waals surface area contributed by atoms with E-state index in [0.717, 1.165) is 51.5 Å². The van der Waals surface area contributed by atoms with Crippen molar-refractivity contribution in [3.63, 3.8) is 0 Å². The lowest BCUT2D eigenvalue weighted by molar-refractivity contribution is 0.102. The molecule has 148 valence electrons. The van der Waals surface area contributed by atoms with Gasteiger partial charge in [-0.2, -0.15) is 13.5 Å². The number of nitrogens with zero attached hydrogens (tertiary/aromatic N) is 5. The van der Waals surface area contributed by atoms with Gasteiger partial charge in [-0.15, -0.1) is 10.2 Å². The quantitative estimate of drug-likeness (QED) is 0.466. The number of rotatable bonds is 4. The van der Waals surface area contributed by atoms with Gasteiger partial charge in [0, 0.05) is 11.3 Å². The highest BCUT2D eigenvalue weighted by Crippen LogP contribution is 2.23. The number of fused-ring (bicyclic) bond motifs is 2. The van der Waals surface area contributed by atoms with Crippen LogP contribution in [0.1, 0.15) is 28.4 Å². The molecule has 0 bridgehead atoms. The third-order valence-electron chi connectivity index (χ3n) is 5.07. The fourth-order valence-electron chi connectivity index (χ4n) is 3.30. The van der Waals surface area contributed by atoms with Crippen molar-refractivity contribution in [1.82, 2.24) is 23.7 Å². The number of hydrogen-bond donors (Lipinski definition) is 1. The number of carbonyl (C=O) groups is 1. The minimum atomic E-state index is -0.199. The van der Waals surface area contributed by atoms with Crippen LogP contribution in [0.2, 0.25) is 0 Å². The number of aromatic nitrogens is 5. The summed E-state index contributed by atoms with van der Waals surface area (Å²) in [5.41, 5.74) is 7.33.